The zero-order valence-corrected chi connectivity index (χ0v) is 10.6. The van der Waals surface area contributed by atoms with Crippen LogP contribution in [-0.4, -0.2) is 29.3 Å². The Kier molecular flexibility index (Phi) is 4.50. The monoisotopic (exact) mass is 239 g/mol. The number of hydrogen-bond acceptors (Lipinski definition) is 5. The van der Waals surface area contributed by atoms with Gasteiger partial charge in [-0.05, 0) is 31.8 Å². The molecule has 0 spiro atoms. The zero-order valence-electron chi connectivity index (χ0n) is 10.6. The molecule has 2 rings (SSSR count). The van der Waals surface area contributed by atoms with Gasteiger partial charge in [-0.1, -0.05) is 19.0 Å². The lowest BCUT2D eigenvalue weighted by atomic mass is 10.1. The number of aromatic nitrogens is 2. The molecule has 1 N–H and O–H groups in total. The van der Waals surface area contributed by atoms with E-state index in [1.807, 2.05) is 0 Å². The number of ether oxygens (including phenoxy) is 1. The van der Waals surface area contributed by atoms with Crippen LogP contribution < -0.4 is 5.32 Å². The van der Waals surface area contributed by atoms with Crippen molar-refractivity contribution in [2.45, 2.75) is 45.8 Å². The molecule has 0 aliphatic carbocycles. The smallest absolute Gasteiger partial charge is 0.252 e. The van der Waals surface area contributed by atoms with Crippen LogP contribution >= 0.6 is 0 Å². The number of nitrogens with zero attached hydrogens (tertiary/aromatic N) is 2. The summed E-state index contributed by atoms with van der Waals surface area (Å²) in [5, 5.41) is 7.25. The molecule has 0 atom stereocenters. The molecular formula is C12H21N3O2. The second-order valence-corrected chi connectivity index (χ2v) is 4.96. The summed E-state index contributed by atoms with van der Waals surface area (Å²) >= 11 is 0. The molecule has 1 aliphatic heterocycles. The van der Waals surface area contributed by atoms with Crippen molar-refractivity contribution in [3.05, 3.63) is 11.7 Å². The molecule has 2 heterocycles. The van der Waals surface area contributed by atoms with Gasteiger partial charge in [0.25, 0.3) is 5.89 Å². The highest BCUT2D eigenvalue weighted by Gasteiger charge is 2.15. The third-order valence-electron chi connectivity index (χ3n) is 2.83. The molecule has 5 nitrogen and oxygen atoms in total. The van der Waals surface area contributed by atoms with E-state index in [2.05, 4.69) is 29.3 Å². The number of rotatable bonds is 5. The summed E-state index contributed by atoms with van der Waals surface area (Å²) < 4.78 is 10.9. The van der Waals surface area contributed by atoms with E-state index in [0.29, 0.717) is 24.5 Å². The van der Waals surface area contributed by atoms with Crippen molar-refractivity contribution in [3.63, 3.8) is 0 Å². The molecule has 5 heteroatoms. The molecule has 0 aromatic carbocycles. The van der Waals surface area contributed by atoms with Gasteiger partial charge in [0.15, 0.2) is 5.82 Å². The lowest BCUT2D eigenvalue weighted by Crippen LogP contribution is -2.32. The third kappa shape index (κ3) is 4.09. The fourth-order valence-corrected chi connectivity index (χ4v) is 1.95. The van der Waals surface area contributed by atoms with E-state index in [0.717, 1.165) is 38.2 Å². The second kappa shape index (κ2) is 6.12. The fraction of sp³-hybridized carbons (Fsp3) is 0.833. The van der Waals surface area contributed by atoms with Crippen molar-refractivity contribution < 1.29 is 9.26 Å². The van der Waals surface area contributed by atoms with Crippen molar-refractivity contribution in [1.82, 2.24) is 15.5 Å². The minimum Gasteiger partial charge on any atom is -0.368 e. The maximum Gasteiger partial charge on any atom is 0.252 e. The molecule has 1 aliphatic rings. The Morgan fingerprint density at radius 3 is 2.88 bits per heavy atom. The average Bonchev–Trinajstić information content (AvgIpc) is 2.75. The minimum atomic E-state index is 0.330. The third-order valence-corrected chi connectivity index (χ3v) is 2.83. The summed E-state index contributed by atoms with van der Waals surface area (Å²) in [5.74, 6) is 1.92. The molecule has 1 fully saturated rings. The van der Waals surface area contributed by atoms with Crippen LogP contribution in [0.4, 0.5) is 0 Å². The van der Waals surface area contributed by atoms with Crippen LogP contribution in [0.1, 0.15) is 38.4 Å². The molecule has 96 valence electrons. The Labute approximate surface area is 102 Å². The van der Waals surface area contributed by atoms with Crippen LogP contribution in [0.3, 0.4) is 0 Å². The van der Waals surface area contributed by atoms with Crippen LogP contribution in [0.25, 0.3) is 0 Å². The van der Waals surface area contributed by atoms with E-state index < -0.39 is 0 Å². The van der Waals surface area contributed by atoms with E-state index in [4.69, 9.17) is 9.26 Å². The molecule has 17 heavy (non-hydrogen) atoms. The topological polar surface area (TPSA) is 60.2 Å². The first-order valence-electron chi connectivity index (χ1n) is 6.38. The van der Waals surface area contributed by atoms with Gasteiger partial charge in [-0.3, -0.25) is 0 Å². The van der Waals surface area contributed by atoms with Crippen LogP contribution in [0.2, 0.25) is 0 Å². The van der Waals surface area contributed by atoms with Gasteiger partial charge in [0.05, 0.1) is 6.10 Å². The lowest BCUT2D eigenvalue weighted by Gasteiger charge is -2.21. The van der Waals surface area contributed by atoms with Gasteiger partial charge in [0, 0.05) is 6.42 Å². The summed E-state index contributed by atoms with van der Waals surface area (Å²) in [6.07, 6.45) is 3.31. The average molecular weight is 239 g/mol. The van der Waals surface area contributed by atoms with Crippen LogP contribution in [-0.2, 0) is 17.8 Å². The summed E-state index contributed by atoms with van der Waals surface area (Å²) in [4.78, 5) is 4.32. The predicted octanol–water partition coefficient (Wildman–Crippen LogP) is 1.54. The van der Waals surface area contributed by atoms with Gasteiger partial charge >= 0.3 is 0 Å². The quantitative estimate of drug-likeness (QED) is 0.844. The molecule has 0 unspecified atom stereocenters. The maximum atomic E-state index is 5.75. The Morgan fingerprint density at radius 2 is 2.18 bits per heavy atom. The molecule has 1 aromatic rings. The highest BCUT2D eigenvalue weighted by atomic mass is 16.5. The fourth-order valence-electron chi connectivity index (χ4n) is 1.95. The molecular weight excluding hydrogens is 218 g/mol. The molecule has 0 amide bonds. The highest BCUT2D eigenvalue weighted by Crippen LogP contribution is 2.11. The van der Waals surface area contributed by atoms with Crippen molar-refractivity contribution in [3.8, 4) is 0 Å². The number of hydrogen-bond donors (Lipinski definition) is 1. The maximum absolute atomic E-state index is 5.75. The molecule has 1 aromatic heterocycles. The Morgan fingerprint density at radius 1 is 1.41 bits per heavy atom. The van der Waals surface area contributed by atoms with Crippen LogP contribution in [0.5, 0.6) is 0 Å². The second-order valence-electron chi connectivity index (χ2n) is 4.96. The summed E-state index contributed by atoms with van der Waals surface area (Å²) in [5.41, 5.74) is 0. The first kappa shape index (κ1) is 12.5. The van der Waals surface area contributed by atoms with Crippen molar-refractivity contribution >= 4 is 0 Å². The normalized spacial score (nSPS) is 17.8. The van der Waals surface area contributed by atoms with E-state index in [9.17, 15) is 0 Å². The minimum absolute atomic E-state index is 0.330. The van der Waals surface area contributed by atoms with Gasteiger partial charge in [-0.2, -0.15) is 4.98 Å². The first-order chi connectivity index (χ1) is 8.24. The van der Waals surface area contributed by atoms with Crippen molar-refractivity contribution in [2.24, 2.45) is 5.92 Å². The van der Waals surface area contributed by atoms with E-state index in [1.54, 1.807) is 0 Å². The van der Waals surface area contributed by atoms with E-state index >= 15 is 0 Å². The van der Waals surface area contributed by atoms with E-state index in [1.165, 1.54) is 0 Å². The molecule has 0 radical (unpaired) electrons. The molecule has 0 saturated carbocycles. The SMILES string of the molecule is CC(C)Cc1noc(COC2CCNCC2)n1. The molecule has 0 bridgehead atoms. The number of nitrogens with one attached hydrogen (secondary N) is 1. The summed E-state index contributed by atoms with van der Waals surface area (Å²) in [7, 11) is 0. The van der Waals surface area contributed by atoms with Crippen molar-refractivity contribution in [2.75, 3.05) is 13.1 Å². The predicted molar refractivity (Wildman–Crippen MR) is 63.5 cm³/mol. The van der Waals surface area contributed by atoms with Gasteiger partial charge in [-0.15, -0.1) is 0 Å². The Hall–Kier alpha value is -0.940. The number of piperidine rings is 1. The first-order valence-corrected chi connectivity index (χ1v) is 6.38. The van der Waals surface area contributed by atoms with Gasteiger partial charge in [0.1, 0.15) is 6.61 Å². The lowest BCUT2D eigenvalue weighted by molar-refractivity contribution is 0.00859. The van der Waals surface area contributed by atoms with E-state index in [-0.39, 0.29) is 0 Å². The van der Waals surface area contributed by atoms with Crippen LogP contribution in [0.15, 0.2) is 4.52 Å². The van der Waals surface area contributed by atoms with Crippen molar-refractivity contribution in [1.29, 1.82) is 0 Å². The van der Waals surface area contributed by atoms with Crippen LogP contribution in [0, 0.1) is 5.92 Å². The largest absolute Gasteiger partial charge is 0.368 e. The van der Waals surface area contributed by atoms with Gasteiger partial charge in [-0.25, -0.2) is 0 Å². The zero-order chi connectivity index (χ0) is 12.1. The van der Waals surface area contributed by atoms with Gasteiger partial charge in [0.2, 0.25) is 0 Å². The Bertz CT molecular complexity index is 332. The highest BCUT2D eigenvalue weighted by molar-refractivity contribution is 4.86. The van der Waals surface area contributed by atoms with Gasteiger partial charge < -0.3 is 14.6 Å². The Balaban J connectivity index is 1.76. The molecule has 1 saturated heterocycles. The standard InChI is InChI=1S/C12H21N3O2/c1-9(2)7-11-14-12(17-15-11)8-16-10-3-5-13-6-4-10/h9-10,13H,3-8H2,1-2H3. The summed E-state index contributed by atoms with van der Waals surface area (Å²) in [6.45, 7) is 6.79. The summed E-state index contributed by atoms with van der Waals surface area (Å²) in [6, 6.07) is 0.